The third-order valence-electron chi connectivity index (χ3n) is 3.36. The molecule has 0 atom stereocenters. The average molecular weight is 280 g/mol. The van der Waals surface area contributed by atoms with Crippen LogP contribution in [0.4, 0.5) is 0 Å². The molecule has 0 unspecified atom stereocenters. The van der Waals surface area contributed by atoms with Gasteiger partial charge in [-0.3, -0.25) is 9.59 Å². The highest BCUT2D eigenvalue weighted by Crippen LogP contribution is 2.04. The maximum atomic E-state index is 12.1. The number of hydrogen-bond donors (Lipinski definition) is 1. The number of piperazine rings is 1. The number of amides is 2. The minimum absolute atomic E-state index is 0.00241. The Labute approximate surface area is 117 Å². The standard InChI is InChI=1S/C12H20N6O2/c1-10(19)16-4-6-17(7-5-16)12(20)9-18-8-11(2-3-13)14-15-18/h8H,2-7,9,13H2,1H3. The highest BCUT2D eigenvalue weighted by molar-refractivity contribution is 5.77. The van der Waals surface area contributed by atoms with Crippen molar-refractivity contribution in [1.29, 1.82) is 0 Å². The molecule has 0 spiro atoms. The van der Waals surface area contributed by atoms with Crippen molar-refractivity contribution in [1.82, 2.24) is 24.8 Å². The van der Waals surface area contributed by atoms with Gasteiger partial charge in [0.2, 0.25) is 11.8 Å². The van der Waals surface area contributed by atoms with Gasteiger partial charge >= 0.3 is 0 Å². The molecule has 1 aromatic heterocycles. The minimum atomic E-state index is -0.00241. The molecule has 2 heterocycles. The Morgan fingerprint density at radius 3 is 2.50 bits per heavy atom. The van der Waals surface area contributed by atoms with E-state index in [-0.39, 0.29) is 18.4 Å². The van der Waals surface area contributed by atoms with E-state index in [9.17, 15) is 9.59 Å². The SMILES string of the molecule is CC(=O)N1CCN(C(=O)Cn2cc(CCN)nn2)CC1. The molecule has 8 nitrogen and oxygen atoms in total. The molecule has 2 amide bonds. The number of nitrogens with two attached hydrogens (primary N) is 1. The lowest BCUT2D eigenvalue weighted by Crippen LogP contribution is -2.50. The van der Waals surface area contributed by atoms with Crippen LogP contribution in [0.3, 0.4) is 0 Å². The van der Waals surface area contributed by atoms with Gasteiger partial charge in [0.25, 0.3) is 0 Å². The number of aromatic nitrogens is 3. The predicted octanol–water partition coefficient (Wildman–Crippen LogP) is -1.53. The molecule has 0 bridgehead atoms. The lowest BCUT2D eigenvalue weighted by Gasteiger charge is -2.34. The highest BCUT2D eigenvalue weighted by atomic mass is 16.2. The van der Waals surface area contributed by atoms with E-state index in [2.05, 4.69) is 10.3 Å². The van der Waals surface area contributed by atoms with Crippen molar-refractivity contribution < 1.29 is 9.59 Å². The lowest BCUT2D eigenvalue weighted by atomic mass is 10.3. The van der Waals surface area contributed by atoms with Crippen molar-refractivity contribution in [2.24, 2.45) is 5.73 Å². The van der Waals surface area contributed by atoms with Crippen molar-refractivity contribution in [2.75, 3.05) is 32.7 Å². The summed E-state index contributed by atoms with van der Waals surface area (Å²) < 4.78 is 1.53. The van der Waals surface area contributed by atoms with Crippen LogP contribution in [-0.4, -0.2) is 69.3 Å². The second-order valence-electron chi connectivity index (χ2n) is 4.83. The number of nitrogens with zero attached hydrogens (tertiary/aromatic N) is 5. The average Bonchev–Trinajstić information content (AvgIpc) is 2.86. The quantitative estimate of drug-likeness (QED) is 0.721. The van der Waals surface area contributed by atoms with E-state index in [0.29, 0.717) is 39.1 Å². The Bertz CT molecular complexity index is 478. The number of hydrogen-bond acceptors (Lipinski definition) is 5. The second kappa shape index (κ2) is 6.47. The summed E-state index contributed by atoms with van der Waals surface area (Å²) in [6, 6.07) is 0. The lowest BCUT2D eigenvalue weighted by molar-refractivity contribution is -0.138. The van der Waals surface area contributed by atoms with Gasteiger partial charge in [0.15, 0.2) is 0 Å². The van der Waals surface area contributed by atoms with Crippen LogP contribution < -0.4 is 5.73 Å². The first-order chi connectivity index (χ1) is 9.60. The van der Waals surface area contributed by atoms with Gasteiger partial charge in [0.05, 0.1) is 5.69 Å². The summed E-state index contributed by atoms with van der Waals surface area (Å²) in [6.45, 7) is 4.57. The van der Waals surface area contributed by atoms with Gasteiger partial charge in [0, 0.05) is 45.7 Å². The van der Waals surface area contributed by atoms with Crippen molar-refractivity contribution in [3.8, 4) is 0 Å². The molecule has 2 N–H and O–H groups in total. The third-order valence-corrected chi connectivity index (χ3v) is 3.36. The summed E-state index contributed by atoms with van der Waals surface area (Å²) in [4.78, 5) is 26.8. The van der Waals surface area contributed by atoms with Crippen LogP contribution in [-0.2, 0) is 22.6 Å². The molecule has 0 aromatic carbocycles. The molecule has 1 fully saturated rings. The molecule has 0 aliphatic carbocycles. The molecule has 1 aromatic rings. The van der Waals surface area contributed by atoms with Crippen LogP contribution in [0.2, 0.25) is 0 Å². The van der Waals surface area contributed by atoms with E-state index >= 15 is 0 Å². The Balaban J connectivity index is 1.84. The van der Waals surface area contributed by atoms with E-state index in [1.54, 1.807) is 22.9 Å². The molecule has 1 aliphatic rings. The largest absolute Gasteiger partial charge is 0.339 e. The molecule has 1 saturated heterocycles. The molecule has 0 saturated carbocycles. The smallest absolute Gasteiger partial charge is 0.244 e. The molecule has 8 heteroatoms. The summed E-state index contributed by atoms with van der Waals surface area (Å²) >= 11 is 0. The zero-order chi connectivity index (χ0) is 14.5. The summed E-state index contributed by atoms with van der Waals surface area (Å²) in [6.07, 6.45) is 2.40. The van der Waals surface area contributed by atoms with E-state index in [1.165, 1.54) is 4.68 Å². The monoisotopic (exact) mass is 280 g/mol. The van der Waals surface area contributed by atoms with Gasteiger partial charge in [0.1, 0.15) is 6.54 Å². The first kappa shape index (κ1) is 14.4. The van der Waals surface area contributed by atoms with Crippen LogP contribution in [0.5, 0.6) is 0 Å². The maximum Gasteiger partial charge on any atom is 0.244 e. The van der Waals surface area contributed by atoms with Crippen molar-refractivity contribution in [3.63, 3.8) is 0 Å². The van der Waals surface area contributed by atoms with Gasteiger partial charge < -0.3 is 15.5 Å². The number of rotatable bonds is 4. The van der Waals surface area contributed by atoms with Gasteiger partial charge in [-0.15, -0.1) is 5.10 Å². The van der Waals surface area contributed by atoms with E-state index < -0.39 is 0 Å². The first-order valence-electron chi connectivity index (χ1n) is 6.72. The van der Waals surface area contributed by atoms with Crippen molar-refractivity contribution in [2.45, 2.75) is 19.9 Å². The van der Waals surface area contributed by atoms with E-state index in [4.69, 9.17) is 5.73 Å². The van der Waals surface area contributed by atoms with Crippen LogP contribution >= 0.6 is 0 Å². The fraction of sp³-hybridized carbons (Fsp3) is 0.667. The predicted molar refractivity (Wildman–Crippen MR) is 71.6 cm³/mol. The summed E-state index contributed by atoms with van der Waals surface area (Å²) in [7, 11) is 0. The Hall–Kier alpha value is -1.96. The van der Waals surface area contributed by atoms with Gasteiger partial charge in [-0.1, -0.05) is 5.21 Å². The van der Waals surface area contributed by atoms with Crippen molar-refractivity contribution >= 4 is 11.8 Å². The molecule has 1 aliphatic heterocycles. The molecule has 2 rings (SSSR count). The van der Waals surface area contributed by atoms with Crippen LogP contribution in [0.25, 0.3) is 0 Å². The normalized spacial score (nSPS) is 15.5. The number of carbonyl (C=O) groups is 2. The topological polar surface area (TPSA) is 97.4 Å². The first-order valence-corrected chi connectivity index (χ1v) is 6.72. The Kier molecular flexibility index (Phi) is 4.67. The van der Waals surface area contributed by atoms with Gasteiger partial charge in [-0.25, -0.2) is 4.68 Å². The second-order valence-corrected chi connectivity index (χ2v) is 4.83. The molecular weight excluding hydrogens is 260 g/mol. The minimum Gasteiger partial charge on any atom is -0.339 e. The summed E-state index contributed by atoms with van der Waals surface area (Å²) in [5.41, 5.74) is 6.23. The third kappa shape index (κ3) is 3.53. The highest BCUT2D eigenvalue weighted by Gasteiger charge is 2.22. The summed E-state index contributed by atoms with van der Waals surface area (Å²) in [5, 5.41) is 7.86. The zero-order valence-corrected chi connectivity index (χ0v) is 11.7. The Morgan fingerprint density at radius 1 is 1.25 bits per heavy atom. The fourth-order valence-electron chi connectivity index (χ4n) is 2.19. The van der Waals surface area contributed by atoms with Crippen LogP contribution in [0.1, 0.15) is 12.6 Å². The van der Waals surface area contributed by atoms with Crippen molar-refractivity contribution in [3.05, 3.63) is 11.9 Å². The Morgan fingerprint density at radius 2 is 1.90 bits per heavy atom. The number of carbonyl (C=O) groups excluding carboxylic acids is 2. The molecule has 110 valence electrons. The van der Waals surface area contributed by atoms with Gasteiger partial charge in [-0.2, -0.15) is 0 Å². The summed E-state index contributed by atoms with van der Waals surface area (Å²) in [5.74, 6) is 0.0530. The molecule has 0 radical (unpaired) electrons. The van der Waals surface area contributed by atoms with Crippen LogP contribution in [0.15, 0.2) is 6.20 Å². The van der Waals surface area contributed by atoms with E-state index in [1.807, 2.05) is 0 Å². The van der Waals surface area contributed by atoms with Gasteiger partial charge in [-0.05, 0) is 6.54 Å². The molecular formula is C12H20N6O2. The van der Waals surface area contributed by atoms with Crippen LogP contribution in [0, 0.1) is 0 Å². The molecule has 20 heavy (non-hydrogen) atoms. The fourth-order valence-corrected chi connectivity index (χ4v) is 2.19. The van der Waals surface area contributed by atoms with E-state index in [0.717, 1.165) is 5.69 Å². The maximum absolute atomic E-state index is 12.1. The zero-order valence-electron chi connectivity index (χ0n) is 11.7.